The van der Waals surface area contributed by atoms with Gasteiger partial charge < -0.3 is 11.3 Å². The van der Waals surface area contributed by atoms with Gasteiger partial charge in [-0.1, -0.05) is 27.2 Å². The van der Waals surface area contributed by atoms with Crippen LogP contribution in [0.5, 0.6) is 0 Å². The molecule has 0 spiro atoms. The molecule has 0 bridgehead atoms. The Morgan fingerprint density at radius 3 is 2.47 bits per heavy atom. The second-order valence-electron chi connectivity index (χ2n) is 4.17. The van der Waals surface area contributed by atoms with Crippen molar-refractivity contribution < 1.29 is 9.90 Å². The largest absolute Gasteiger partial charge is 0.481 e. The van der Waals surface area contributed by atoms with Gasteiger partial charge in [-0.3, -0.25) is 14.8 Å². The summed E-state index contributed by atoms with van der Waals surface area (Å²) in [5.41, 5.74) is 0.746. The Labute approximate surface area is 102 Å². The van der Waals surface area contributed by atoms with E-state index in [4.69, 9.17) is 0 Å². The Kier molecular flexibility index (Phi) is 6.35. The van der Waals surface area contributed by atoms with Crippen molar-refractivity contribution >= 4 is 5.97 Å². The molecule has 0 aliphatic carbocycles. The quantitative estimate of drug-likeness (QED) is 0.822. The Bertz CT molecular complexity index is 343. The third kappa shape index (κ3) is 3.78. The average Bonchev–Trinajstić information content (AvgIpc) is 2.29. The molecule has 3 unspecified atom stereocenters. The standard InChI is InChI=1S/C12H18N2O2.H3N/c1-4-8(2)11(12(15)16)9(3)10-7-13-5-6-14-10;/h5-9,11H,4H2,1-3H3,(H,15,16);1H3. The summed E-state index contributed by atoms with van der Waals surface area (Å²) in [7, 11) is 0. The van der Waals surface area contributed by atoms with Gasteiger partial charge in [-0.2, -0.15) is 0 Å². The van der Waals surface area contributed by atoms with Crippen molar-refractivity contribution in [1.29, 1.82) is 0 Å². The van der Waals surface area contributed by atoms with E-state index < -0.39 is 11.9 Å². The second-order valence-corrected chi connectivity index (χ2v) is 4.17. The van der Waals surface area contributed by atoms with Crippen molar-refractivity contribution in [3.05, 3.63) is 24.3 Å². The second kappa shape index (κ2) is 6.96. The molecular formula is C12H21N3O2. The molecular weight excluding hydrogens is 218 g/mol. The molecule has 0 saturated carbocycles. The molecule has 3 atom stereocenters. The fraction of sp³-hybridized carbons (Fsp3) is 0.583. The number of carboxylic acid groups (broad SMARTS) is 1. The van der Waals surface area contributed by atoms with Crippen LogP contribution in [0.1, 0.15) is 38.8 Å². The Morgan fingerprint density at radius 1 is 1.41 bits per heavy atom. The van der Waals surface area contributed by atoms with E-state index in [0.29, 0.717) is 0 Å². The molecule has 1 rings (SSSR count). The molecule has 0 fully saturated rings. The zero-order chi connectivity index (χ0) is 12.1. The van der Waals surface area contributed by atoms with E-state index in [2.05, 4.69) is 9.97 Å². The lowest BCUT2D eigenvalue weighted by Crippen LogP contribution is -2.27. The summed E-state index contributed by atoms with van der Waals surface area (Å²) in [5.74, 6) is -1.13. The van der Waals surface area contributed by atoms with Crippen LogP contribution in [0.4, 0.5) is 0 Å². The molecule has 1 aromatic rings. The number of hydrogen-bond donors (Lipinski definition) is 2. The molecule has 1 heterocycles. The van der Waals surface area contributed by atoms with Gasteiger partial charge >= 0.3 is 5.97 Å². The molecule has 17 heavy (non-hydrogen) atoms. The predicted molar refractivity (Wildman–Crippen MR) is 66.0 cm³/mol. The fourth-order valence-electron chi connectivity index (χ4n) is 1.93. The lowest BCUT2D eigenvalue weighted by molar-refractivity contribution is -0.144. The van der Waals surface area contributed by atoms with Crippen molar-refractivity contribution in [1.82, 2.24) is 16.1 Å². The molecule has 0 aromatic carbocycles. The van der Waals surface area contributed by atoms with E-state index in [1.807, 2.05) is 20.8 Å². The third-order valence-corrected chi connectivity index (χ3v) is 3.13. The highest BCUT2D eigenvalue weighted by atomic mass is 16.4. The third-order valence-electron chi connectivity index (χ3n) is 3.13. The van der Waals surface area contributed by atoms with Gasteiger partial charge in [0.2, 0.25) is 0 Å². The van der Waals surface area contributed by atoms with Crippen LogP contribution in [0, 0.1) is 11.8 Å². The molecule has 0 radical (unpaired) electrons. The number of carboxylic acids is 1. The Balaban J connectivity index is 0.00000256. The average molecular weight is 239 g/mol. The fourth-order valence-corrected chi connectivity index (χ4v) is 1.93. The van der Waals surface area contributed by atoms with E-state index in [1.165, 1.54) is 0 Å². The van der Waals surface area contributed by atoms with Gasteiger partial charge in [0.1, 0.15) is 0 Å². The van der Waals surface area contributed by atoms with Gasteiger partial charge in [0.05, 0.1) is 11.6 Å². The van der Waals surface area contributed by atoms with Crippen LogP contribution >= 0.6 is 0 Å². The van der Waals surface area contributed by atoms with Crippen molar-refractivity contribution in [2.75, 3.05) is 0 Å². The van der Waals surface area contributed by atoms with Gasteiger partial charge in [-0.05, 0) is 5.92 Å². The van der Waals surface area contributed by atoms with Crippen LogP contribution in [-0.2, 0) is 4.79 Å². The summed E-state index contributed by atoms with van der Waals surface area (Å²) in [6, 6.07) is 0. The molecule has 5 nitrogen and oxygen atoms in total. The molecule has 5 heteroatoms. The molecule has 0 aliphatic heterocycles. The van der Waals surface area contributed by atoms with Crippen LogP contribution in [0.3, 0.4) is 0 Å². The lowest BCUT2D eigenvalue weighted by atomic mass is 9.80. The SMILES string of the molecule is CCC(C)C(C(=O)O)C(C)c1cnccn1.N. The summed E-state index contributed by atoms with van der Waals surface area (Å²) >= 11 is 0. The maximum atomic E-state index is 11.3. The van der Waals surface area contributed by atoms with Crippen molar-refractivity contribution in [3.8, 4) is 0 Å². The summed E-state index contributed by atoms with van der Waals surface area (Å²) in [6.07, 6.45) is 5.68. The number of rotatable bonds is 5. The molecule has 0 amide bonds. The first kappa shape index (κ1) is 15.5. The smallest absolute Gasteiger partial charge is 0.307 e. The highest BCUT2D eigenvalue weighted by molar-refractivity contribution is 5.71. The predicted octanol–water partition coefficient (Wildman–Crippen LogP) is 2.49. The van der Waals surface area contributed by atoms with Gasteiger partial charge in [0, 0.05) is 24.5 Å². The summed E-state index contributed by atoms with van der Waals surface area (Å²) < 4.78 is 0. The number of aromatic nitrogens is 2. The van der Waals surface area contributed by atoms with E-state index >= 15 is 0 Å². The van der Waals surface area contributed by atoms with Crippen LogP contribution in [0.25, 0.3) is 0 Å². The maximum absolute atomic E-state index is 11.3. The zero-order valence-corrected chi connectivity index (χ0v) is 10.6. The molecule has 0 saturated heterocycles. The van der Waals surface area contributed by atoms with Gasteiger partial charge in [-0.15, -0.1) is 0 Å². The van der Waals surface area contributed by atoms with E-state index in [0.717, 1.165) is 12.1 Å². The van der Waals surface area contributed by atoms with Gasteiger partial charge in [0.15, 0.2) is 0 Å². The van der Waals surface area contributed by atoms with Crippen molar-refractivity contribution in [2.45, 2.75) is 33.1 Å². The number of hydrogen-bond acceptors (Lipinski definition) is 4. The Hall–Kier alpha value is -1.49. The number of nitrogens with zero attached hydrogens (tertiary/aromatic N) is 2. The number of carbonyl (C=O) groups is 1. The lowest BCUT2D eigenvalue weighted by Gasteiger charge is -2.24. The number of aliphatic carboxylic acids is 1. The first-order valence-corrected chi connectivity index (χ1v) is 5.56. The first-order valence-electron chi connectivity index (χ1n) is 5.56. The maximum Gasteiger partial charge on any atom is 0.307 e. The van der Waals surface area contributed by atoms with Crippen LogP contribution < -0.4 is 6.15 Å². The minimum absolute atomic E-state index is 0. The normalized spacial score (nSPS) is 15.5. The minimum atomic E-state index is -0.757. The molecule has 1 aromatic heterocycles. The summed E-state index contributed by atoms with van der Waals surface area (Å²) in [5, 5.41) is 9.26. The van der Waals surface area contributed by atoms with E-state index in [1.54, 1.807) is 18.6 Å². The topological polar surface area (TPSA) is 98.1 Å². The van der Waals surface area contributed by atoms with Crippen LogP contribution in [0.2, 0.25) is 0 Å². The first-order chi connectivity index (χ1) is 7.57. The van der Waals surface area contributed by atoms with Crippen LogP contribution in [0.15, 0.2) is 18.6 Å². The van der Waals surface area contributed by atoms with Crippen molar-refractivity contribution in [2.24, 2.45) is 11.8 Å². The van der Waals surface area contributed by atoms with Crippen LogP contribution in [-0.4, -0.2) is 21.0 Å². The monoisotopic (exact) mass is 239 g/mol. The highest BCUT2D eigenvalue weighted by Gasteiger charge is 2.31. The highest BCUT2D eigenvalue weighted by Crippen LogP contribution is 2.30. The van der Waals surface area contributed by atoms with E-state index in [-0.39, 0.29) is 18.0 Å². The summed E-state index contributed by atoms with van der Waals surface area (Å²) in [4.78, 5) is 19.4. The van der Waals surface area contributed by atoms with Crippen molar-refractivity contribution in [3.63, 3.8) is 0 Å². The molecule has 0 aliphatic rings. The Morgan fingerprint density at radius 2 is 2.06 bits per heavy atom. The van der Waals surface area contributed by atoms with E-state index in [9.17, 15) is 9.90 Å². The van der Waals surface area contributed by atoms with Gasteiger partial charge in [0.25, 0.3) is 0 Å². The van der Waals surface area contributed by atoms with Gasteiger partial charge in [-0.25, -0.2) is 0 Å². The minimum Gasteiger partial charge on any atom is -0.481 e. The summed E-state index contributed by atoms with van der Waals surface area (Å²) in [6.45, 7) is 5.87. The zero-order valence-electron chi connectivity index (χ0n) is 10.6. The molecule has 96 valence electrons. The molecule has 4 N–H and O–H groups in total.